The molecule has 1 saturated heterocycles. The van der Waals surface area contributed by atoms with E-state index < -0.39 is 5.97 Å². The van der Waals surface area contributed by atoms with Crippen molar-refractivity contribution in [2.45, 2.75) is 13.3 Å². The average Bonchev–Trinajstić information content (AvgIpc) is 3.44. The molecular formula is C25H22N2O5. The Hall–Kier alpha value is -3.48. The highest BCUT2D eigenvalue weighted by Gasteiger charge is 2.67. The first-order valence-corrected chi connectivity index (χ1v) is 11.0. The van der Waals surface area contributed by atoms with Crippen molar-refractivity contribution in [3.05, 3.63) is 59.9 Å². The second kappa shape index (κ2) is 7.02. The van der Waals surface area contributed by atoms with Gasteiger partial charge in [-0.3, -0.25) is 9.59 Å². The number of imide groups is 1. The quantitative estimate of drug-likeness (QED) is 0.313. The van der Waals surface area contributed by atoms with Crippen molar-refractivity contribution in [1.82, 2.24) is 5.01 Å². The molecule has 7 nitrogen and oxygen atoms in total. The Kier molecular flexibility index (Phi) is 4.22. The molecule has 2 aromatic rings. The van der Waals surface area contributed by atoms with Crippen LogP contribution in [0.5, 0.6) is 0 Å². The Balaban J connectivity index is 1.21. The van der Waals surface area contributed by atoms with Crippen LogP contribution in [-0.2, 0) is 14.3 Å². The van der Waals surface area contributed by atoms with E-state index in [1.807, 2.05) is 6.07 Å². The monoisotopic (exact) mass is 430 g/mol. The molecule has 7 heteroatoms. The van der Waals surface area contributed by atoms with E-state index >= 15 is 0 Å². The second-order valence-corrected chi connectivity index (χ2v) is 8.89. The Morgan fingerprint density at radius 3 is 2.53 bits per heavy atom. The van der Waals surface area contributed by atoms with Gasteiger partial charge in [-0.1, -0.05) is 24.3 Å². The van der Waals surface area contributed by atoms with Crippen LogP contribution < -0.4 is 0 Å². The van der Waals surface area contributed by atoms with Crippen LogP contribution >= 0.6 is 0 Å². The molecular weight excluding hydrogens is 408 g/mol. The molecule has 0 spiro atoms. The van der Waals surface area contributed by atoms with Crippen LogP contribution in [0, 0.1) is 35.5 Å². The lowest BCUT2D eigenvalue weighted by atomic mass is 9.63. The van der Waals surface area contributed by atoms with Crippen molar-refractivity contribution in [1.29, 1.82) is 0 Å². The number of ether oxygens (including phenoxy) is 1. The van der Waals surface area contributed by atoms with Gasteiger partial charge < -0.3 is 9.15 Å². The fraction of sp³-hybridized carbons (Fsp3) is 0.360. The summed E-state index contributed by atoms with van der Waals surface area (Å²) in [6.07, 6.45) is 6.82. The van der Waals surface area contributed by atoms with E-state index in [9.17, 15) is 14.4 Å². The van der Waals surface area contributed by atoms with Crippen molar-refractivity contribution in [2.75, 3.05) is 6.61 Å². The van der Waals surface area contributed by atoms with E-state index in [1.165, 1.54) is 6.21 Å². The predicted octanol–water partition coefficient (Wildman–Crippen LogP) is 3.51. The third-order valence-electron chi connectivity index (χ3n) is 7.22. The largest absolute Gasteiger partial charge is 0.462 e. The number of carbonyl (C=O) groups is 3. The number of benzene rings is 1. The van der Waals surface area contributed by atoms with Crippen molar-refractivity contribution < 1.29 is 23.5 Å². The number of carbonyl (C=O) groups excluding carboxylic acids is 3. The van der Waals surface area contributed by atoms with Crippen molar-refractivity contribution in [3.8, 4) is 11.3 Å². The van der Waals surface area contributed by atoms with E-state index in [1.54, 1.807) is 37.3 Å². The molecule has 1 aromatic carbocycles. The molecule has 2 heterocycles. The molecule has 0 N–H and O–H groups in total. The van der Waals surface area contributed by atoms with Gasteiger partial charge in [-0.15, -0.1) is 0 Å². The summed E-state index contributed by atoms with van der Waals surface area (Å²) < 4.78 is 10.9. The van der Waals surface area contributed by atoms with Gasteiger partial charge in [0.2, 0.25) is 0 Å². The minimum absolute atomic E-state index is 0.175. The number of hydrazone groups is 1. The second-order valence-electron chi connectivity index (χ2n) is 8.89. The van der Waals surface area contributed by atoms with Crippen molar-refractivity contribution in [2.24, 2.45) is 40.6 Å². The molecule has 1 aliphatic heterocycles. The molecule has 2 saturated carbocycles. The third-order valence-corrected chi connectivity index (χ3v) is 7.22. The maximum absolute atomic E-state index is 13.0. The van der Waals surface area contributed by atoms with Gasteiger partial charge in [-0.25, -0.2) is 4.79 Å². The zero-order chi connectivity index (χ0) is 22.0. The maximum Gasteiger partial charge on any atom is 0.338 e. The maximum atomic E-state index is 13.0. The van der Waals surface area contributed by atoms with Gasteiger partial charge in [0.1, 0.15) is 11.5 Å². The minimum Gasteiger partial charge on any atom is -0.462 e. The van der Waals surface area contributed by atoms with Crippen molar-refractivity contribution in [3.63, 3.8) is 0 Å². The Bertz CT molecular complexity index is 1160. The standard InChI is InChI=1S/C25H22N2O5/c1-2-31-25(30)14-5-3-4-13(10-14)20-9-6-15(32-20)12-26-27-23(28)21-16-7-8-17(19-11-18(16)19)22(21)24(27)29/h3-10,12,16-19,21-22H,2,11H2,1H3/b26-12-/t16-,17-,18-,19+,21+,22+/m0/s1. The topological polar surface area (TPSA) is 89.2 Å². The van der Waals surface area contributed by atoms with Gasteiger partial charge in [-0.05, 0) is 61.3 Å². The van der Waals surface area contributed by atoms with Gasteiger partial charge in [0, 0.05) is 5.56 Å². The first-order chi connectivity index (χ1) is 15.6. The Labute approximate surface area is 184 Å². The molecule has 4 aliphatic carbocycles. The molecule has 0 unspecified atom stereocenters. The zero-order valence-electron chi connectivity index (χ0n) is 17.5. The molecule has 1 aromatic heterocycles. The van der Waals surface area contributed by atoms with E-state index in [4.69, 9.17) is 9.15 Å². The molecule has 0 radical (unpaired) electrons. The number of allylic oxidation sites excluding steroid dienone is 2. The number of hydrogen-bond donors (Lipinski definition) is 0. The van der Waals surface area contributed by atoms with Gasteiger partial charge in [0.05, 0.1) is 30.2 Å². The first-order valence-electron chi connectivity index (χ1n) is 11.0. The van der Waals surface area contributed by atoms with E-state index in [0.717, 1.165) is 17.0 Å². The molecule has 5 aliphatic rings. The summed E-state index contributed by atoms with van der Waals surface area (Å²) in [5, 5.41) is 5.25. The van der Waals surface area contributed by atoms with Crippen LogP contribution in [0.15, 0.2) is 58.1 Å². The summed E-state index contributed by atoms with van der Waals surface area (Å²) in [4.78, 5) is 38.0. The van der Waals surface area contributed by atoms with Crippen LogP contribution in [0.25, 0.3) is 11.3 Å². The summed E-state index contributed by atoms with van der Waals surface area (Å²) in [6, 6.07) is 10.4. The molecule has 7 rings (SSSR count). The number of hydrogen-bond acceptors (Lipinski definition) is 6. The van der Waals surface area contributed by atoms with Gasteiger partial charge in [0.25, 0.3) is 11.8 Å². The fourth-order valence-corrected chi connectivity index (χ4v) is 5.76. The SMILES string of the molecule is CCOC(=O)c1cccc(-c2ccc(/C=N\N3C(=O)[C@@H]4[C@H]5C=C[C@@H]([C@@H]6C[C@H]56)[C@H]4C3=O)o2)c1. The summed E-state index contributed by atoms with van der Waals surface area (Å²) in [5.74, 6) is 1.11. The van der Waals surface area contributed by atoms with Crippen LogP contribution in [0.3, 0.4) is 0 Å². The van der Waals surface area contributed by atoms with Crippen LogP contribution in [0.1, 0.15) is 29.5 Å². The summed E-state index contributed by atoms with van der Waals surface area (Å²) >= 11 is 0. The molecule has 32 heavy (non-hydrogen) atoms. The molecule has 162 valence electrons. The van der Waals surface area contributed by atoms with E-state index in [0.29, 0.717) is 35.5 Å². The predicted molar refractivity (Wildman–Crippen MR) is 114 cm³/mol. The number of rotatable bonds is 5. The van der Waals surface area contributed by atoms with Crippen molar-refractivity contribution >= 4 is 24.0 Å². The van der Waals surface area contributed by atoms with Crippen LogP contribution in [0.2, 0.25) is 0 Å². The van der Waals surface area contributed by atoms with Gasteiger partial charge in [0.15, 0.2) is 0 Å². The molecule has 2 amide bonds. The van der Waals surface area contributed by atoms with Gasteiger partial charge >= 0.3 is 5.97 Å². The normalized spacial score (nSPS) is 31.8. The van der Waals surface area contributed by atoms with Gasteiger partial charge in [-0.2, -0.15) is 10.1 Å². The average molecular weight is 430 g/mol. The lowest BCUT2D eigenvalue weighted by molar-refractivity contribution is -0.140. The smallest absolute Gasteiger partial charge is 0.338 e. The number of amides is 2. The summed E-state index contributed by atoms with van der Waals surface area (Å²) in [5.41, 5.74) is 1.16. The number of nitrogens with zero attached hydrogens (tertiary/aromatic N) is 2. The molecule has 6 atom stereocenters. The lowest BCUT2D eigenvalue weighted by Gasteiger charge is -2.37. The highest BCUT2D eigenvalue weighted by Crippen LogP contribution is 2.65. The first kappa shape index (κ1) is 19.2. The fourth-order valence-electron chi connectivity index (χ4n) is 5.76. The molecule has 3 fully saturated rings. The molecule has 2 bridgehead atoms. The summed E-state index contributed by atoms with van der Waals surface area (Å²) in [6.45, 7) is 2.06. The Morgan fingerprint density at radius 1 is 1.12 bits per heavy atom. The third kappa shape index (κ3) is 2.80. The highest BCUT2D eigenvalue weighted by atomic mass is 16.5. The van der Waals surface area contributed by atoms with E-state index in [2.05, 4.69) is 17.3 Å². The Morgan fingerprint density at radius 2 is 1.84 bits per heavy atom. The summed E-state index contributed by atoms with van der Waals surface area (Å²) in [7, 11) is 0. The number of furan rings is 1. The van der Waals surface area contributed by atoms with Crippen LogP contribution in [-0.4, -0.2) is 35.6 Å². The highest BCUT2D eigenvalue weighted by molar-refractivity contribution is 6.06. The lowest BCUT2D eigenvalue weighted by Crippen LogP contribution is -2.40. The number of esters is 1. The van der Waals surface area contributed by atoms with E-state index in [-0.39, 0.29) is 35.5 Å². The zero-order valence-corrected chi connectivity index (χ0v) is 17.5. The minimum atomic E-state index is -0.392. The van der Waals surface area contributed by atoms with Crippen LogP contribution in [0.4, 0.5) is 0 Å².